The van der Waals surface area contributed by atoms with Crippen LogP contribution in [0, 0.1) is 6.92 Å². The number of nitrogens with zero attached hydrogens (tertiary/aromatic N) is 3. The summed E-state index contributed by atoms with van der Waals surface area (Å²) >= 11 is 5.86. The lowest BCUT2D eigenvalue weighted by Crippen LogP contribution is -2.34. The molecule has 1 heterocycles. The van der Waals surface area contributed by atoms with E-state index in [0.717, 1.165) is 11.1 Å². The summed E-state index contributed by atoms with van der Waals surface area (Å²) in [5.41, 5.74) is 2.71. The lowest BCUT2D eigenvalue weighted by atomic mass is 10.1. The highest BCUT2D eigenvalue weighted by molar-refractivity contribution is 6.30. The quantitative estimate of drug-likeness (QED) is 0.703. The maximum Gasteiger partial charge on any atom is 0.322 e. The van der Waals surface area contributed by atoms with E-state index >= 15 is 0 Å². The van der Waals surface area contributed by atoms with Crippen LogP contribution in [0.4, 0.5) is 10.5 Å². The minimum atomic E-state index is -0.245. The number of aromatic nitrogens is 2. The smallest absolute Gasteiger partial charge is 0.322 e. The maximum atomic E-state index is 12.4. The zero-order chi connectivity index (χ0) is 18.5. The number of benzene rings is 2. The van der Waals surface area contributed by atoms with Crippen LogP contribution >= 0.6 is 11.6 Å². The van der Waals surface area contributed by atoms with Gasteiger partial charge in [-0.15, -0.1) is 0 Å². The van der Waals surface area contributed by atoms with Crippen LogP contribution in [0.2, 0.25) is 5.02 Å². The summed E-state index contributed by atoms with van der Waals surface area (Å²) in [7, 11) is 0. The number of rotatable bonds is 5. The number of hydrogen-bond donors (Lipinski definition) is 1. The zero-order valence-electron chi connectivity index (χ0n) is 14.6. The summed E-state index contributed by atoms with van der Waals surface area (Å²) < 4.78 is 5.30. The van der Waals surface area contributed by atoms with Crippen LogP contribution in [0.5, 0.6) is 0 Å². The van der Waals surface area contributed by atoms with E-state index in [2.05, 4.69) is 15.5 Å². The van der Waals surface area contributed by atoms with Crippen LogP contribution in [0.3, 0.4) is 0 Å². The molecule has 134 valence electrons. The van der Waals surface area contributed by atoms with E-state index < -0.39 is 0 Å². The van der Waals surface area contributed by atoms with Crippen molar-refractivity contribution >= 4 is 23.3 Å². The number of anilines is 1. The van der Waals surface area contributed by atoms with Crippen LogP contribution in [-0.2, 0) is 6.54 Å². The van der Waals surface area contributed by atoms with Crippen molar-refractivity contribution in [3.8, 4) is 11.4 Å². The number of carbonyl (C=O) groups is 1. The van der Waals surface area contributed by atoms with Crippen molar-refractivity contribution in [3.05, 3.63) is 65.0 Å². The molecule has 0 saturated heterocycles. The number of aryl methyl sites for hydroxylation is 1. The first-order valence-electron chi connectivity index (χ1n) is 8.26. The Kier molecular flexibility index (Phi) is 5.53. The normalized spacial score (nSPS) is 10.6. The number of urea groups is 1. The van der Waals surface area contributed by atoms with E-state index in [4.69, 9.17) is 16.1 Å². The summed E-state index contributed by atoms with van der Waals surface area (Å²) in [5.74, 6) is 0.892. The average Bonchev–Trinajstić information content (AvgIpc) is 3.11. The highest BCUT2D eigenvalue weighted by Gasteiger charge is 2.17. The van der Waals surface area contributed by atoms with Crippen LogP contribution in [-0.4, -0.2) is 27.6 Å². The molecular formula is C19H19ClN4O2. The van der Waals surface area contributed by atoms with Gasteiger partial charge in [-0.3, -0.25) is 0 Å². The van der Waals surface area contributed by atoms with Crippen LogP contribution in [0.15, 0.2) is 53.1 Å². The van der Waals surface area contributed by atoms with E-state index in [1.165, 1.54) is 0 Å². The molecule has 3 rings (SSSR count). The van der Waals surface area contributed by atoms with Gasteiger partial charge in [-0.2, -0.15) is 4.98 Å². The molecule has 0 saturated carbocycles. The lowest BCUT2D eigenvalue weighted by molar-refractivity contribution is 0.203. The van der Waals surface area contributed by atoms with Gasteiger partial charge < -0.3 is 14.7 Å². The number of halogens is 1. The van der Waals surface area contributed by atoms with Crippen molar-refractivity contribution in [3.63, 3.8) is 0 Å². The Morgan fingerprint density at radius 1 is 1.15 bits per heavy atom. The van der Waals surface area contributed by atoms with Gasteiger partial charge in [0.2, 0.25) is 11.7 Å². The molecule has 0 radical (unpaired) electrons. The second kappa shape index (κ2) is 8.01. The lowest BCUT2D eigenvalue weighted by Gasteiger charge is -2.19. The van der Waals surface area contributed by atoms with E-state index in [-0.39, 0.29) is 12.6 Å². The topological polar surface area (TPSA) is 71.3 Å². The summed E-state index contributed by atoms with van der Waals surface area (Å²) in [4.78, 5) is 18.4. The average molecular weight is 371 g/mol. The van der Waals surface area contributed by atoms with Crippen LogP contribution in [0.1, 0.15) is 18.4 Å². The molecular weight excluding hydrogens is 352 g/mol. The standard InChI is InChI=1S/C19H19ClN4O2/c1-3-24(19(25)21-16-10-8-15(20)9-11-16)12-17-22-18(23-26-17)14-6-4-13(2)5-7-14/h4-11H,3,12H2,1-2H3,(H,21,25). The number of carbonyl (C=O) groups excluding carboxylic acids is 1. The van der Waals surface area contributed by atoms with Crippen LogP contribution in [0.25, 0.3) is 11.4 Å². The third-order valence-corrected chi connectivity index (χ3v) is 4.12. The largest absolute Gasteiger partial charge is 0.337 e. The van der Waals surface area contributed by atoms with Crippen molar-refractivity contribution in [2.45, 2.75) is 20.4 Å². The zero-order valence-corrected chi connectivity index (χ0v) is 15.3. The molecule has 2 amide bonds. The van der Waals surface area contributed by atoms with Crippen LogP contribution < -0.4 is 5.32 Å². The van der Waals surface area contributed by atoms with Gasteiger partial charge in [0.1, 0.15) is 6.54 Å². The third kappa shape index (κ3) is 4.40. The van der Waals surface area contributed by atoms with Gasteiger partial charge >= 0.3 is 6.03 Å². The third-order valence-electron chi connectivity index (χ3n) is 3.87. The SMILES string of the molecule is CCN(Cc1nc(-c2ccc(C)cc2)no1)C(=O)Nc1ccc(Cl)cc1. The van der Waals surface area contributed by atoms with Crippen molar-refractivity contribution in [2.75, 3.05) is 11.9 Å². The Hall–Kier alpha value is -2.86. The molecule has 7 heteroatoms. The number of amides is 2. The van der Waals surface area contributed by atoms with E-state index in [9.17, 15) is 4.79 Å². The van der Waals surface area contributed by atoms with E-state index in [0.29, 0.717) is 29.0 Å². The summed E-state index contributed by atoms with van der Waals surface area (Å²) in [6.07, 6.45) is 0. The van der Waals surface area contributed by atoms with E-state index in [1.54, 1.807) is 29.2 Å². The molecule has 6 nitrogen and oxygen atoms in total. The van der Waals surface area contributed by atoms with Gasteiger partial charge in [0.15, 0.2) is 0 Å². The summed E-state index contributed by atoms with van der Waals surface area (Å²) in [5, 5.41) is 7.44. The first-order valence-corrected chi connectivity index (χ1v) is 8.64. The second-order valence-electron chi connectivity index (χ2n) is 5.83. The van der Waals surface area contributed by atoms with Gasteiger partial charge in [-0.25, -0.2) is 4.79 Å². The Balaban J connectivity index is 1.67. The first kappa shape index (κ1) is 17.9. The fourth-order valence-corrected chi connectivity index (χ4v) is 2.49. The predicted octanol–water partition coefficient (Wildman–Crippen LogP) is 4.75. The molecule has 3 aromatic rings. The molecule has 0 aliphatic heterocycles. The number of nitrogens with one attached hydrogen (secondary N) is 1. The van der Waals surface area contributed by atoms with Crippen molar-refractivity contribution in [1.29, 1.82) is 0 Å². The highest BCUT2D eigenvalue weighted by Crippen LogP contribution is 2.18. The Morgan fingerprint density at radius 2 is 1.85 bits per heavy atom. The minimum Gasteiger partial charge on any atom is -0.337 e. The van der Waals surface area contributed by atoms with Gasteiger partial charge in [-0.1, -0.05) is 46.6 Å². The highest BCUT2D eigenvalue weighted by atomic mass is 35.5. The molecule has 0 atom stereocenters. The van der Waals surface area contributed by atoms with Gasteiger partial charge in [0.25, 0.3) is 0 Å². The summed E-state index contributed by atoms with van der Waals surface area (Å²) in [6.45, 7) is 4.64. The number of hydrogen-bond acceptors (Lipinski definition) is 4. The monoisotopic (exact) mass is 370 g/mol. The van der Waals surface area contributed by atoms with Crippen molar-refractivity contribution in [1.82, 2.24) is 15.0 Å². The molecule has 0 aliphatic carbocycles. The Bertz CT molecular complexity index is 875. The molecule has 1 N–H and O–H groups in total. The van der Waals surface area contributed by atoms with Crippen molar-refractivity contribution in [2.24, 2.45) is 0 Å². The molecule has 2 aromatic carbocycles. The fourth-order valence-electron chi connectivity index (χ4n) is 2.37. The van der Waals surface area contributed by atoms with Gasteiger partial charge in [-0.05, 0) is 38.1 Å². The Morgan fingerprint density at radius 3 is 2.50 bits per heavy atom. The molecule has 0 unspecified atom stereocenters. The first-order chi connectivity index (χ1) is 12.5. The fraction of sp³-hybridized carbons (Fsp3) is 0.211. The molecule has 0 aliphatic rings. The molecule has 1 aromatic heterocycles. The van der Waals surface area contributed by atoms with Crippen molar-refractivity contribution < 1.29 is 9.32 Å². The minimum absolute atomic E-state index is 0.231. The van der Waals surface area contributed by atoms with E-state index in [1.807, 2.05) is 38.1 Å². The predicted molar refractivity (Wildman–Crippen MR) is 101 cm³/mol. The molecule has 0 fully saturated rings. The van der Waals surface area contributed by atoms with Gasteiger partial charge in [0.05, 0.1) is 0 Å². The second-order valence-corrected chi connectivity index (χ2v) is 6.27. The maximum absolute atomic E-state index is 12.4. The molecule has 0 bridgehead atoms. The molecule has 26 heavy (non-hydrogen) atoms. The molecule has 0 spiro atoms. The van der Waals surface area contributed by atoms with Gasteiger partial charge in [0, 0.05) is 22.8 Å². The Labute approximate surface area is 156 Å². The summed E-state index contributed by atoms with van der Waals surface area (Å²) in [6, 6.07) is 14.5.